The molecule has 0 aliphatic heterocycles. The molecule has 0 saturated heterocycles. The van der Waals surface area contributed by atoms with Crippen molar-refractivity contribution in [2.24, 2.45) is 0 Å². The SMILES string of the molecule is CCc1cc(CCl)cc(Oc2cccc3ncccc23)n1. The van der Waals surface area contributed by atoms with Crippen molar-refractivity contribution in [3.63, 3.8) is 0 Å². The van der Waals surface area contributed by atoms with Crippen molar-refractivity contribution >= 4 is 22.5 Å². The number of aryl methyl sites for hydroxylation is 1. The first kappa shape index (κ1) is 13.8. The monoisotopic (exact) mass is 298 g/mol. The van der Waals surface area contributed by atoms with Crippen molar-refractivity contribution in [2.75, 3.05) is 0 Å². The Morgan fingerprint density at radius 2 is 2.05 bits per heavy atom. The number of benzene rings is 1. The molecule has 0 aliphatic carbocycles. The molecular formula is C17H15ClN2O. The number of aromatic nitrogens is 2. The largest absolute Gasteiger partial charge is 0.438 e. The first-order valence-electron chi connectivity index (χ1n) is 6.87. The Balaban J connectivity index is 2.02. The third kappa shape index (κ3) is 2.98. The molecule has 3 nitrogen and oxygen atoms in total. The number of rotatable bonds is 4. The zero-order valence-electron chi connectivity index (χ0n) is 11.7. The predicted octanol–water partition coefficient (Wildman–Crippen LogP) is 4.72. The molecule has 0 aliphatic rings. The normalized spacial score (nSPS) is 10.8. The van der Waals surface area contributed by atoms with Crippen LogP contribution in [0, 0.1) is 0 Å². The van der Waals surface area contributed by atoms with Crippen LogP contribution in [0.3, 0.4) is 0 Å². The van der Waals surface area contributed by atoms with Gasteiger partial charge in [0.1, 0.15) is 5.75 Å². The number of hydrogen-bond acceptors (Lipinski definition) is 3. The molecule has 1 aromatic carbocycles. The van der Waals surface area contributed by atoms with Crippen LogP contribution in [0.4, 0.5) is 0 Å². The molecule has 0 atom stereocenters. The highest BCUT2D eigenvalue weighted by atomic mass is 35.5. The van der Waals surface area contributed by atoms with Gasteiger partial charge < -0.3 is 4.74 Å². The Morgan fingerprint density at radius 1 is 1.14 bits per heavy atom. The van der Waals surface area contributed by atoms with Crippen LogP contribution in [-0.4, -0.2) is 9.97 Å². The van der Waals surface area contributed by atoms with Gasteiger partial charge in [0.25, 0.3) is 0 Å². The van der Waals surface area contributed by atoms with Gasteiger partial charge in [-0.25, -0.2) is 4.98 Å². The van der Waals surface area contributed by atoms with Crippen molar-refractivity contribution in [3.8, 4) is 11.6 Å². The summed E-state index contributed by atoms with van der Waals surface area (Å²) in [6.07, 6.45) is 2.62. The molecule has 0 fully saturated rings. The summed E-state index contributed by atoms with van der Waals surface area (Å²) < 4.78 is 5.97. The third-order valence-corrected chi connectivity index (χ3v) is 3.56. The average Bonchev–Trinajstić information content (AvgIpc) is 2.55. The van der Waals surface area contributed by atoms with E-state index in [1.165, 1.54) is 0 Å². The number of halogens is 1. The van der Waals surface area contributed by atoms with Crippen molar-refractivity contribution in [1.29, 1.82) is 0 Å². The van der Waals surface area contributed by atoms with E-state index < -0.39 is 0 Å². The maximum atomic E-state index is 5.97. The van der Waals surface area contributed by atoms with Crippen LogP contribution in [-0.2, 0) is 12.3 Å². The summed E-state index contributed by atoms with van der Waals surface area (Å²) in [6.45, 7) is 2.06. The highest BCUT2D eigenvalue weighted by Crippen LogP contribution is 2.28. The van der Waals surface area contributed by atoms with E-state index >= 15 is 0 Å². The van der Waals surface area contributed by atoms with E-state index in [0.717, 1.165) is 34.3 Å². The quantitative estimate of drug-likeness (QED) is 0.654. The van der Waals surface area contributed by atoms with Crippen LogP contribution in [0.25, 0.3) is 10.9 Å². The molecule has 3 rings (SSSR count). The fraction of sp³-hybridized carbons (Fsp3) is 0.176. The Labute approximate surface area is 128 Å². The van der Waals surface area contributed by atoms with Crippen LogP contribution in [0.1, 0.15) is 18.2 Å². The maximum Gasteiger partial charge on any atom is 0.219 e. The molecule has 0 saturated carbocycles. The first-order chi connectivity index (χ1) is 10.3. The number of fused-ring (bicyclic) bond motifs is 1. The van der Waals surface area contributed by atoms with Gasteiger partial charge in [0.15, 0.2) is 0 Å². The van der Waals surface area contributed by atoms with Crippen LogP contribution in [0.2, 0.25) is 0 Å². The minimum Gasteiger partial charge on any atom is -0.438 e. The average molecular weight is 299 g/mol. The van der Waals surface area contributed by atoms with Gasteiger partial charge in [-0.15, -0.1) is 11.6 Å². The van der Waals surface area contributed by atoms with Crippen LogP contribution in [0.5, 0.6) is 11.6 Å². The number of alkyl halides is 1. The minimum atomic E-state index is 0.447. The lowest BCUT2D eigenvalue weighted by molar-refractivity contribution is 0.465. The zero-order valence-corrected chi connectivity index (χ0v) is 12.5. The van der Waals surface area contributed by atoms with Crippen LogP contribution in [0.15, 0.2) is 48.7 Å². The maximum absolute atomic E-state index is 5.97. The Kier molecular flexibility index (Phi) is 4.02. The number of hydrogen-bond donors (Lipinski definition) is 0. The second-order valence-electron chi connectivity index (χ2n) is 4.72. The molecule has 0 spiro atoms. The number of pyridine rings is 2. The summed E-state index contributed by atoms with van der Waals surface area (Å²) in [7, 11) is 0. The summed E-state index contributed by atoms with van der Waals surface area (Å²) in [6, 6.07) is 13.6. The van der Waals surface area contributed by atoms with E-state index in [1.807, 2.05) is 42.5 Å². The summed E-state index contributed by atoms with van der Waals surface area (Å²) >= 11 is 5.93. The van der Waals surface area contributed by atoms with Gasteiger partial charge in [0.2, 0.25) is 5.88 Å². The second kappa shape index (κ2) is 6.10. The van der Waals surface area contributed by atoms with Crippen molar-refractivity contribution in [3.05, 3.63) is 59.9 Å². The molecule has 0 amide bonds. The minimum absolute atomic E-state index is 0.447. The fourth-order valence-electron chi connectivity index (χ4n) is 2.21. The van der Waals surface area contributed by atoms with Gasteiger partial charge in [-0.2, -0.15) is 0 Å². The molecule has 21 heavy (non-hydrogen) atoms. The van der Waals surface area contributed by atoms with E-state index in [9.17, 15) is 0 Å². The first-order valence-corrected chi connectivity index (χ1v) is 7.41. The van der Waals surface area contributed by atoms with E-state index in [0.29, 0.717) is 11.8 Å². The molecule has 2 aromatic heterocycles. The summed E-state index contributed by atoms with van der Waals surface area (Å²) in [5, 5.41) is 0.969. The molecule has 0 unspecified atom stereocenters. The highest BCUT2D eigenvalue weighted by molar-refractivity contribution is 6.17. The molecule has 106 valence electrons. The summed E-state index contributed by atoms with van der Waals surface area (Å²) in [5.41, 5.74) is 2.89. The fourth-order valence-corrected chi connectivity index (χ4v) is 2.36. The van der Waals surface area contributed by atoms with Gasteiger partial charge in [0.05, 0.1) is 5.52 Å². The van der Waals surface area contributed by atoms with Crippen LogP contribution < -0.4 is 4.74 Å². The second-order valence-corrected chi connectivity index (χ2v) is 4.99. The molecule has 0 radical (unpaired) electrons. The van der Waals surface area contributed by atoms with Crippen molar-refractivity contribution in [1.82, 2.24) is 9.97 Å². The molecule has 0 bridgehead atoms. The van der Waals surface area contributed by atoms with E-state index in [4.69, 9.17) is 16.3 Å². The molecule has 0 N–H and O–H groups in total. The lowest BCUT2D eigenvalue weighted by Gasteiger charge is -2.10. The van der Waals surface area contributed by atoms with Gasteiger partial charge in [-0.3, -0.25) is 4.98 Å². The van der Waals surface area contributed by atoms with Crippen molar-refractivity contribution < 1.29 is 4.74 Å². The van der Waals surface area contributed by atoms with Gasteiger partial charge in [0, 0.05) is 29.2 Å². The van der Waals surface area contributed by atoms with Gasteiger partial charge in [-0.05, 0) is 42.3 Å². The summed E-state index contributed by atoms with van der Waals surface area (Å²) in [4.78, 5) is 8.83. The molecule has 2 heterocycles. The molecule has 4 heteroatoms. The Morgan fingerprint density at radius 3 is 2.86 bits per heavy atom. The summed E-state index contributed by atoms with van der Waals surface area (Å²) in [5.74, 6) is 1.77. The number of nitrogens with zero attached hydrogens (tertiary/aromatic N) is 2. The predicted molar refractivity (Wildman–Crippen MR) is 85.0 cm³/mol. The van der Waals surface area contributed by atoms with Gasteiger partial charge in [-0.1, -0.05) is 13.0 Å². The zero-order chi connectivity index (χ0) is 14.7. The molecular weight excluding hydrogens is 284 g/mol. The van der Waals surface area contributed by atoms with E-state index in [1.54, 1.807) is 6.20 Å². The standard InChI is InChI=1S/C17H15ClN2O/c1-2-13-9-12(11-18)10-17(20-13)21-16-7-3-6-15-14(16)5-4-8-19-15/h3-10H,2,11H2,1H3. The Bertz CT molecular complexity index is 746. The number of ether oxygens (including phenoxy) is 1. The molecule has 3 aromatic rings. The van der Waals surface area contributed by atoms with E-state index in [-0.39, 0.29) is 0 Å². The van der Waals surface area contributed by atoms with Crippen molar-refractivity contribution in [2.45, 2.75) is 19.2 Å². The van der Waals surface area contributed by atoms with Gasteiger partial charge >= 0.3 is 0 Å². The third-order valence-electron chi connectivity index (χ3n) is 3.25. The highest BCUT2D eigenvalue weighted by Gasteiger charge is 2.07. The van der Waals surface area contributed by atoms with E-state index in [2.05, 4.69) is 16.9 Å². The van der Waals surface area contributed by atoms with Crippen LogP contribution >= 0.6 is 11.6 Å². The smallest absolute Gasteiger partial charge is 0.219 e. The lowest BCUT2D eigenvalue weighted by Crippen LogP contribution is -1.95. The topological polar surface area (TPSA) is 35.0 Å². The Hall–Kier alpha value is -2.13. The lowest BCUT2D eigenvalue weighted by atomic mass is 10.2.